The van der Waals surface area contributed by atoms with Gasteiger partial charge in [0.25, 0.3) is 0 Å². The lowest BCUT2D eigenvalue weighted by molar-refractivity contribution is 1.07. The van der Waals surface area contributed by atoms with Crippen LogP contribution in [0.25, 0.3) is 109 Å². The van der Waals surface area contributed by atoms with Crippen LogP contribution in [0, 0.1) is 0 Å². The minimum atomic E-state index is 0.640. The fourth-order valence-electron chi connectivity index (χ4n) is 8.07. The maximum Gasteiger partial charge on any atom is 0.164 e. The van der Waals surface area contributed by atoms with Crippen molar-refractivity contribution in [2.45, 2.75) is 0 Å². The molecule has 0 aliphatic rings. The summed E-state index contributed by atoms with van der Waals surface area (Å²) in [6, 6.07) is 66.9. The van der Waals surface area contributed by atoms with E-state index >= 15 is 0 Å². The first-order chi connectivity index (χ1) is 27.2. The van der Waals surface area contributed by atoms with E-state index in [0.29, 0.717) is 17.5 Å². The van der Waals surface area contributed by atoms with Gasteiger partial charge in [-0.05, 0) is 72.8 Å². The molecule has 2 heterocycles. The lowest BCUT2D eigenvalue weighted by atomic mass is 9.89. The summed E-state index contributed by atoms with van der Waals surface area (Å²) in [7, 11) is 0. The zero-order chi connectivity index (χ0) is 36.3. The van der Waals surface area contributed by atoms with Crippen LogP contribution in [0.15, 0.2) is 188 Å². The topological polar surface area (TPSA) is 38.7 Å². The first-order valence-corrected chi connectivity index (χ1v) is 19.3. The predicted molar refractivity (Wildman–Crippen MR) is 232 cm³/mol. The maximum atomic E-state index is 5.15. The third-order valence-corrected chi connectivity index (χ3v) is 11.9. The van der Waals surface area contributed by atoms with Gasteiger partial charge in [0.15, 0.2) is 17.5 Å². The van der Waals surface area contributed by atoms with Crippen LogP contribution in [0.2, 0.25) is 0 Å². The van der Waals surface area contributed by atoms with Gasteiger partial charge in [0.05, 0.1) is 0 Å². The second-order valence-electron chi connectivity index (χ2n) is 14.0. The van der Waals surface area contributed by atoms with Crippen LogP contribution in [-0.4, -0.2) is 15.0 Å². The molecule has 0 fully saturated rings. The molecule has 4 heteroatoms. The van der Waals surface area contributed by atoms with Crippen molar-refractivity contribution in [2.24, 2.45) is 0 Å². The quantitative estimate of drug-likeness (QED) is 0.131. The average Bonchev–Trinajstić information content (AvgIpc) is 3.65. The molecule has 0 unspecified atom stereocenters. The number of aromatic nitrogens is 3. The van der Waals surface area contributed by atoms with Crippen molar-refractivity contribution >= 4 is 63.8 Å². The van der Waals surface area contributed by atoms with E-state index in [-0.39, 0.29) is 0 Å². The van der Waals surface area contributed by atoms with Gasteiger partial charge in [-0.25, -0.2) is 15.0 Å². The first kappa shape index (κ1) is 31.5. The van der Waals surface area contributed by atoms with E-state index in [4.69, 9.17) is 15.0 Å². The molecule has 0 amide bonds. The summed E-state index contributed by atoms with van der Waals surface area (Å²) >= 11 is 1.84. The Hall–Kier alpha value is -7.01. The fraction of sp³-hybridized carbons (Fsp3) is 0. The Morgan fingerprint density at radius 3 is 1.71 bits per heavy atom. The molecule has 11 rings (SSSR count). The van der Waals surface area contributed by atoms with Gasteiger partial charge < -0.3 is 0 Å². The van der Waals surface area contributed by atoms with Gasteiger partial charge in [-0.15, -0.1) is 11.3 Å². The van der Waals surface area contributed by atoms with E-state index in [0.717, 1.165) is 27.8 Å². The second kappa shape index (κ2) is 12.8. The van der Waals surface area contributed by atoms with E-state index in [1.807, 2.05) is 29.5 Å². The molecular formula is C51H31N3S. The molecule has 0 spiro atoms. The van der Waals surface area contributed by atoms with E-state index in [2.05, 4.69) is 170 Å². The molecule has 9 aromatic carbocycles. The summed E-state index contributed by atoms with van der Waals surface area (Å²) in [5.41, 5.74) is 7.57. The Bertz CT molecular complexity index is 3260. The Balaban J connectivity index is 1.04. The van der Waals surface area contributed by atoms with Crippen LogP contribution in [0.5, 0.6) is 0 Å². The van der Waals surface area contributed by atoms with E-state index in [1.54, 1.807) is 0 Å². The van der Waals surface area contributed by atoms with Crippen LogP contribution in [0.1, 0.15) is 0 Å². The van der Waals surface area contributed by atoms with Crippen LogP contribution in [0.3, 0.4) is 0 Å². The lowest BCUT2D eigenvalue weighted by Gasteiger charge is -2.14. The predicted octanol–water partition coefficient (Wildman–Crippen LogP) is 14.0. The summed E-state index contributed by atoms with van der Waals surface area (Å²) in [5.74, 6) is 1.93. The second-order valence-corrected chi connectivity index (χ2v) is 15.0. The molecule has 0 N–H and O–H groups in total. The normalized spacial score (nSPS) is 11.6. The van der Waals surface area contributed by atoms with Gasteiger partial charge in [-0.1, -0.05) is 170 Å². The van der Waals surface area contributed by atoms with Crippen molar-refractivity contribution in [3.05, 3.63) is 188 Å². The van der Waals surface area contributed by atoms with E-state index < -0.39 is 0 Å². The molecule has 11 aromatic rings. The number of hydrogen-bond donors (Lipinski definition) is 0. The van der Waals surface area contributed by atoms with Crippen molar-refractivity contribution in [3.8, 4) is 56.4 Å². The van der Waals surface area contributed by atoms with Crippen LogP contribution in [-0.2, 0) is 0 Å². The SMILES string of the molecule is c1ccc(-c2nc(-c3ccc(-c4c5ccccc5cc5c4ccc4ccccc45)cc3)nc(-c3cccc(-c4cccc5c4sc4ccccc45)c3)n2)cc1. The van der Waals surface area contributed by atoms with Crippen molar-refractivity contribution < 1.29 is 0 Å². The maximum absolute atomic E-state index is 5.15. The standard InChI is InChI=1S/C51H31N3S/c1-2-13-34(14-3-1)49-52-50(54-51(53-49)38-17-10-16-36(30-38)41-21-11-22-44-42-20-8-9-23-46(42)55-48(41)44)35-26-24-33(25-27-35)47-40-19-7-5-15-37(40)31-45-39-18-6-4-12-32(39)28-29-43(45)47/h1-31H. The number of fused-ring (bicyclic) bond motifs is 7. The molecule has 2 aromatic heterocycles. The molecule has 0 saturated heterocycles. The Kier molecular flexibility index (Phi) is 7.35. The number of rotatable bonds is 5. The Labute approximate surface area is 321 Å². The van der Waals surface area contributed by atoms with Gasteiger partial charge in [0, 0.05) is 36.9 Å². The molecule has 3 nitrogen and oxygen atoms in total. The third kappa shape index (κ3) is 5.38. The minimum absolute atomic E-state index is 0.640. The number of nitrogens with zero attached hydrogens (tertiary/aromatic N) is 3. The summed E-state index contributed by atoms with van der Waals surface area (Å²) in [6.45, 7) is 0. The third-order valence-electron chi connectivity index (χ3n) is 10.7. The van der Waals surface area contributed by atoms with Gasteiger partial charge in [-0.2, -0.15) is 0 Å². The van der Waals surface area contributed by atoms with Crippen LogP contribution < -0.4 is 0 Å². The summed E-state index contributed by atoms with van der Waals surface area (Å²) in [5, 5.41) is 10.0. The van der Waals surface area contributed by atoms with Crippen LogP contribution in [0.4, 0.5) is 0 Å². The van der Waals surface area contributed by atoms with Crippen LogP contribution >= 0.6 is 11.3 Å². The number of hydrogen-bond acceptors (Lipinski definition) is 4. The van der Waals surface area contributed by atoms with Gasteiger partial charge >= 0.3 is 0 Å². The highest BCUT2D eigenvalue weighted by molar-refractivity contribution is 7.26. The van der Waals surface area contributed by atoms with E-state index in [9.17, 15) is 0 Å². The van der Waals surface area contributed by atoms with Gasteiger partial charge in [0.2, 0.25) is 0 Å². The highest BCUT2D eigenvalue weighted by Gasteiger charge is 2.17. The van der Waals surface area contributed by atoms with Crippen molar-refractivity contribution in [2.75, 3.05) is 0 Å². The number of thiophene rings is 1. The monoisotopic (exact) mass is 717 g/mol. The average molecular weight is 718 g/mol. The molecule has 55 heavy (non-hydrogen) atoms. The molecular weight excluding hydrogens is 687 g/mol. The summed E-state index contributed by atoms with van der Waals surface area (Å²) in [6.07, 6.45) is 0. The van der Waals surface area contributed by atoms with E-state index in [1.165, 1.54) is 63.6 Å². The molecule has 0 atom stereocenters. The Morgan fingerprint density at radius 2 is 0.891 bits per heavy atom. The highest BCUT2D eigenvalue weighted by Crippen LogP contribution is 2.42. The van der Waals surface area contributed by atoms with Crippen molar-refractivity contribution in [1.82, 2.24) is 15.0 Å². The smallest absolute Gasteiger partial charge is 0.164 e. The Morgan fingerprint density at radius 1 is 0.309 bits per heavy atom. The largest absolute Gasteiger partial charge is 0.208 e. The molecule has 0 saturated carbocycles. The summed E-state index contributed by atoms with van der Waals surface area (Å²) in [4.78, 5) is 15.3. The number of benzene rings is 9. The van der Waals surface area contributed by atoms with Gasteiger partial charge in [0.1, 0.15) is 0 Å². The zero-order valence-corrected chi connectivity index (χ0v) is 30.5. The van der Waals surface area contributed by atoms with Crippen molar-refractivity contribution in [1.29, 1.82) is 0 Å². The highest BCUT2D eigenvalue weighted by atomic mass is 32.1. The summed E-state index contributed by atoms with van der Waals surface area (Å²) < 4.78 is 2.58. The zero-order valence-electron chi connectivity index (χ0n) is 29.6. The molecule has 0 aliphatic heterocycles. The molecule has 0 aliphatic carbocycles. The fourth-order valence-corrected chi connectivity index (χ4v) is 9.31. The first-order valence-electron chi connectivity index (χ1n) is 18.5. The van der Waals surface area contributed by atoms with Crippen molar-refractivity contribution in [3.63, 3.8) is 0 Å². The molecule has 0 radical (unpaired) electrons. The molecule has 256 valence electrons. The lowest BCUT2D eigenvalue weighted by Crippen LogP contribution is -2.00. The minimum Gasteiger partial charge on any atom is -0.208 e. The van der Waals surface area contributed by atoms with Gasteiger partial charge in [-0.3, -0.25) is 0 Å². The molecule has 0 bridgehead atoms.